The number of esters is 1. The van der Waals surface area contributed by atoms with Gasteiger partial charge in [-0.05, 0) is 118 Å². The Morgan fingerprint density at radius 1 is 0.727 bits per heavy atom. The lowest BCUT2D eigenvalue weighted by molar-refractivity contribution is 0.00527. The number of ether oxygens (including phenoxy) is 1. The highest BCUT2D eigenvalue weighted by atomic mass is 79.9. The smallest absolute Gasteiger partial charge is 0.343 e. The molecule has 1 heterocycles. The summed E-state index contributed by atoms with van der Waals surface area (Å²) in [6.45, 7) is -0.718. The van der Waals surface area contributed by atoms with E-state index in [0.717, 1.165) is 5.01 Å². The summed E-state index contributed by atoms with van der Waals surface area (Å²) in [6.07, 6.45) is 0. The summed E-state index contributed by atoms with van der Waals surface area (Å²) in [5.41, 5.74) is 0.335. The average molecular weight is 889 g/mol. The summed E-state index contributed by atoms with van der Waals surface area (Å²) in [5, 5.41) is 1.56. The molecule has 8 nitrogen and oxygen atoms in total. The minimum Gasteiger partial charge on any atom is -0.423 e. The minimum absolute atomic E-state index is 0.0195. The fourth-order valence-corrected chi connectivity index (χ4v) is 7.21. The minimum atomic E-state index is -0.895. The summed E-state index contributed by atoms with van der Waals surface area (Å²) in [7, 11) is 0. The third-order valence-corrected chi connectivity index (χ3v) is 11.7. The Bertz CT molecular complexity index is 1840. The predicted octanol–water partition coefficient (Wildman–Crippen LogP) is 8.80. The Labute approximate surface area is 293 Å². The first-order chi connectivity index (χ1) is 20.9. The number of rotatable bonds is 7. The fraction of sp³-hybridized carbons (Fsp3) is 0.0333. The van der Waals surface area contributed by atoms with Crippen LogP contribution in [-0.4, -0.2) is 46.0 Å². The van der Waals surface area contributed by atoms with Gasteiger partial charge in [0.2, 0.25) is 0 Å². The van der Waals surface area contributed by atoms with E-state index in [-0.39, 0.29) is 47.0 Å². The summed E-state index contributed by atoms with van der Waals surface area (Å²) < 4.78 is 6.81. The molecule has 0 saturated carbocycles. The number of fused-ring (bicyclic) bond motifs is 1. The van der Waals surface area contributed by atoms with Gasteiger partial charge in [0.25, 0.3) is 17.7 Å². The molecular weight excluding hydrogens is 875 g/mol. The number of hydrazine groups is 1. The van der Waals surface area contributed by atoms with Gasteiger partial charge in [-0.1, -0.05) is 41.4 Å². The van der Waals surface area contributed by atoms with Gasteiger partial charge in [0.1, 0.15) is 12.3 Å². The van der Waals surface area contributed by atoms with Crippen molar-refractivity contribution in [1.82, 2.24) is 10.0 Å². The molecule has 5 rings (SSSR count). The van der Waals surface area contributed by atoms with Crippen molar-refractivity contribution in [3.8, 4) is 5.75 Å². The van der Waals surface area contributed by atoms with Crippen LogP contribution in [0.2, 0.25) is 10.0 Å². The number of imide groups is 1. The van der Waals surface area contributed by atoms with Gasteiger partial charge in [0.05, 0.1) is 27.3 Å². The number of Topliss-reactive ketones (excluding diaryl/α,β-unsaturated/α-hetero) is 1. The summed E-state index contributed by atoms with van der Waals surface area (Å²) in [5.74, 6) is -3.61. The second-order valence-electron chi connectivity index (χ2n) is 9.12. The number of benzene rings is 4. The predicted molar refractivity (Wildman–Crippen MR) is 177 cm³/mol. The van der Waals surface area contributed by atoms with Crippen molar-refractivity contribution in [1.29, 1.82) is 0 Å². The Morgan fingerprint density at radius 2 is 1.30 bits per heavy atom. The summed E-state index contributed by atoms with van der Waals surface area (Å²) in [6, 6.07) is 18.1. The zero-order chi connectivity index (χ0) is 31.9. The monoisotopic (exact) mass is 884 g/mol. The maximum absolute atomic E-state index is 13.9. The zero-order valence-corrected chi connectivity index (χ0v) is 29.6. The number of hydrogen-bond donors (Lipinski definition) is 0. The molecule has 0 fully saturated rings. The van der Waals surface area contributed by atoms with E-state index >= 15 is 0 Å². The van der Waals surface area contributed by atoms with E-state index < -0.39 is 36.0 Å². The first-order valence-corrected chi connectivity index (χ1v) is 16.3. The number of carbonyl (C=O) groups is 5. The van der Waals surface area contributed by atoms with Crippen LogP contribution in [0.3, 0.4) is 0 Å². The van der Waals surface area contributed by atoms with Gasteiger partial charge < -0.3 is 4.74 Å². The van der Waals surface area contributed by atoms with E-state index in [2.05, 4.69) is 63.7 Å². The van der Waals surface area contributed by atoms with Crippen molar-refractivity contribution >= 4 is 116 Å². The molecule has 0 aliphatic carbocycles. The quantitative estimate of drug-likeness (QED) is 0.0460. The van der Waals surface area contributed by atoms with E-state index in [1.54, 1.807) is 30.3 Å². The van der Waals surface area contributed by atoms with E-state index in [9.17, 15) is 24.0 Å². The summed E-state index contributed by atoms with van der Waals surface area (Å²) in [4.78, 5) is 67.3. The molecule has 0 atom stereocenters. The summed E-state index contributed by atoms with van der Waals surface area (Å²) >= 11 is 25.8. The molecule has 44 heavy (non-hydrogen) atoms. The van der Waals surface area contributed by atoms with E-state index in [1.807, 2.05) is 0 Å². The molecule has 0 bridgehead atoms. The Kier molecular flexibility index (Phi) is 9.78. The molecule has 1 aliphatic rings. The lowest BCUT2D eigenvalue weighted by Gasteiger charge is -2.29. The van der Waals surface area contributed by atoms with Gasteiger partial charge in [-0.15, -0.1) is 0 Å². The van der Waals surface area contributed by atoms with Crippen molar-refractivity contribution in [2.45, 2.75) is 0 Å². The lowest BCUT2D eigenvalue weighted by atomic mass is 10.1. The number of halogens is 6. The van der Waals surface area contributed by atoms with Crippen molar-refractivity contribution in [2.24, 2.45) is 0 Å². The van der Waals surface area contributed by atoms with Gasteiger partial charge >= 0.3 is 5.97 Å². The number of nitrogens with zero attached hydrogens (tertiary/aromatic N) is 2. The molecule has 0 radical (unpaired) electrons. The van der Waals surface area contributed by atoms with E-state index in [0.29, 0.717) is 19.5 Å². The van der Waals surface area contributed by atoms with Gasteiger partial charge in [-0.3, -0.25) is 19.2 Å². The molecular formula is C30H14Br4Cl2N2O6. The Balaban J connectivity index is 1.48. The molecule has 0 spiro atoms. The fourth-order valence-electron chi connectivity index (χ4n) is 4.27. The highest BCUT2D eigenvalue weighted by molar-refractivity contribution is 9.15. The van der Waals surface area contributed by atoms with Gasteiger partial charge in [0.15, 0.2) is 5.78 Å². The van der Waals surface area contributed by atoms with Crippen molar-refractivity contribution < 1.29 is 28.7 Å². The zero-order valence-electron chi connectivity index (χ0n) is 21.7. The molecule has 222 valence electrons. The Morgan fingerprint density at radius 3 is 1.84 bits per heavy atom. The SMILES string of the molecule is O=C(CN(C(=O)c1ccc(Cl)cc1Cl)N1C(=O)c2c(Br)c(Br)c(Br)c(Br)c2C1=O)c1ccc(OC(=O)c2ccccc2)cc1. The van der Waals surface area contributed by atoms with Gasteiger partial charge in [-0.25, -0.2) is 9.80 Å². The second-order valence-corrected chi connectivity index (χ2v) is 13.1. The van der Waals surface area contributed by atoms with Crippen molar-refractivity contribution in [3.63, 3.8) is 0 Å². The standard InChI is InChI=1S/C30H14Br4Cl2N2O6/c31-23-21-22(24(32)26(34)25(23)33)29(42)38(28(21)41)37(27(40)18-11-8-16(35)12-19(18)36)13-20(39)14-6-9-17(10-7-14)44-30(43)15-4-2-1-3-5-15/h1-12H,13H2. The molecule has 0 saturated heterocycles. The van der Waals surface area contributed by atoms with Crippen LogP contribution in [0, 0.1) is 0 Å². The number of ketones is 1. The number of carbonyl (C=O) groups excluding carboxylic acids is 5. The molecule has 0 N–H and O–H groups in total. The van der Waals surface area contributed by atoms with E-state index in [4.69, 9.17) is 27.9 Å². The van der Waals surface area contributed by atoms with Crippen LogP contribution < -0.4 is 4.74 Å². The highest BCUT2D eigenvalue weighted by Gasteiger charge is 2.46. The first-order valence-electron chi connectivity index (χ1n) is 12.3. The van der Waals surface area contributed by atoms with Crippen LogP contribution in [0.1, 0.15) is 51.8 Å². The highest BCUT2D eigenvalue weighted by Crippen LogP contribution is 2.45. The number of amides is 3. The maximum atomic E-state index is 13.9. The largest absolute Gasteiger partial charge is 0.423 e. The average Bonchev–Trinajstić information content (AvgIpc) is 3.27. The van der Waals surface area contributed by atoms with Crippen molar-refractivity contribution in [2.75, 3.05) is 6.54 Å². The van der Waals surface area contributed by atoms with Crippen molar-refractivity contribution in [3.05, 3.63) is 129 Å². The molecule has 4 aromatic rings. The molecule has 0 aromatic heterocycles. The van der Waals surface area contributed by atoms with Gasteiger partial charge in [-0.2, -0.15) is 5.01 Å². The van der Waals surface area contributed by atoms with Crippen LogP contribution in [0.5, 0.6) is 5.75 Å². The Hall–Kier alpha value is -2.87. The molecule has 14 heteroatoms. The normalized spacial score (nSPS) is 12.3. The van der Waals surface area contributed by atoms with Crippen LogP contribution in [0.15, 0.2) is 90.7 Å². The van der Waals surface area contributed by atoms with Crippen LogP contribution in [0.4, 0.5) is 0 Å². The third kappa shape index (κ3) is 6.16. The maximum Gasteiger partial charge on any atom is 0.343 e. The molecule has 1 aliphatic heterocycles. The van der Waals surface area contributed by atoms with E-state index in [1.165, 1.54) is 42.5 Å². The van der Waals surface area contributed by atoms with Crippen LogP contribution in [-0.2, 0) is 0 Å². The molecule has 0 unspecified atom stereocenters. The molecule has 4 aromatic carbocycles. The van der Waals surface area contributed by atoms with Crippen LogP contribution in [0.25, 0.3) is 0 Å². The molecule has 3 amide bonds. The second kappa shape index (κ2) is 13.2. The topological polar surface area (TPSA) is 101 Å². The lowest BCUT2D eigenvalue weighted by Crippen LogP contribution is -2.51. The third-order valence-electron chi connectivity index (χ3n) is 6.41. The van der Waals surface area contributed by atoms with Crippen LogP contribution >= 0.6 is 86.9 Å². The first kappa shape index (κ1) is 32.5. The number of hydrogen-bond acceptors (Lipinski definition) is 6. The van der Waals surface area contributed by atoms with Gasteiger partial charge in [0, 0.05) is 28.5 Å².